The predicted molar refractivity (Wildman–Crippen MR) is 112 cm³/mol. The highest BCUT2D eigenvalue weighted by Gasteiger charge is 2.34. The molecule has 4 atom stereocenters. The van der Waals surface area contributed by atoms with E-state index >= 15 is 0 Å². The van der Waals surface area contributed by atoms with Crippen LogP contribution in [0.5, 0.6) is 0 Å². The summed E-state index contributed by atoms with van der Waals surface area (Å²) < 4.78 is 13.6. The van der Waals surface area contributed by atoms with Gasteiger partial charge >= 0.3 is 5.97 Å². The smallest absolute Gasteiger partial charge is 0.303 e. The second-order valence-electron chi connectivity index (χ2n) is 8.06. The number of carboxylic acid groups (broad SMARTS) is 1. The Hall–Kier alpha value is -1.94. The number of halogens is 1. The first-order chi connectivity index (χ1) is 14.0. The minimum Gasteiger partial charge on any atom is -0.481 e. The molecule has 0 saturated heterocycles. The molecular formula is C24H33FO4. The summed E-state index contributed by atoms with van der Waals surface area (Å²) in [6, 6.07) is 6.42. The van der Waals surface area contributed by atoms with E-state index < -0.39 is 12.1 Å². The number of benzene rings is 1. The number of unbranched alkanes of at least 4 members (excludes halogenated alkanes) is 3. The number of hydrogen-bond acceptors (Lipinski definition) is 3. The van der Waals surface area contributed by atoms with Crippen molar-refractivity contribution in [2.24, 2.45) is 11.8 Å². The lowest BCUT2D eigenvalue weighted by Crippen LogP contribution is -2.21. The van der Waals surface area contributed by atoms with Crippen LogP contribution in [0.4, 0.5) is 4.39 Å². The molecule has 1 aliphatic carbocycles. The van der Waals surface area contributed by atoms with Crippen LogP contribution in [0.25, 0.3) is 6.08 Å². The number of aliphatic hydroxyl groups is 2. The van der Waals surface area contributed by atoms with Crippen LogP contribution in [0.15, 0.2) is 36.1 Å². The molecule has 1 fully saturated rings. The van der Waals surface area contributed by atoms with Crippen LogP contribution in [0.2, 0.25) is 0 Å². The third-order valence-electron chi connectivity index (χ3n) is 5.88. The van der Waals surface area contributed by atoms with Crippen LogP contribution in [0, 0.1) is 17.7 Å². The molecule has 0 amide bonds. The van der Waals surface area contributed by atoms with Gasteiger partial charge in [-0.2, -0.15) is 0 Å². The largest absolute Gasteiger partial charge is 0.481 e. The molecule has 2 rings (SSSR count). The number of rotatable bonds is 12. The second-order valence-corrected chi connectivity index (χ2v) is 8.06. The lowest BCUT2D eigenvalue weighted by Gasteiger charge is -2.22. The van der Waals surface area contributed by atoms with Gasteiger partial charge in [0.2, 0.25) is 0 Å². The van der Waals surface area contributed by atoms with Crippen molar-refractivity contribution < 1.29 is 24.5 Å². The molecule has 1 aliphatic rings. The van der Waals surface area contributed by atoms with E-state index in [2.05, 4.69) is 5.73 Å². The molecule has 2 unspecified atom stereocenters. The molecular weight excluding hydrogens is 371 g/mol. The van der Waals surface area contributed by atoms with Crippen LogP contribution in [0.3, 0.4) is 0 Å². The van der Waals surface area contributed by atoms with Crippen molar-refractivity contribution in [3.63, 3.8) is 0 Å². The summed E-state index contributed by atoms with van der Waals surface area (Å²) in [6.45, 7) is 0. The maximum absolute atomic E-state index is 13.6. The van der Waals surface area contributed by atoms with Gasteiger partial charge in [-0.15, -0.1) is 5.73 Å². The van der Waals surface area contributed by atoms with Gasteiger partial charge in [0.25, 0.3) is 0 Å². The Morgan fingerprint density at radius 2 is 1.93 bits per heavy atom. The van der Waals surface area contributed by atoms with Crippen LogP contribution < -0.4 is 0 Å². The third kappa shape index (κ3) is 8.53. The summed E-state index contributed by atoms with van der Waals surface area (Å²) in [5, 5.41) is 29.2. The van der Waals surface area contributed by atoms with Gasteiger partial charge in [-0.25, -0.2) is 4.39 Å². The van der Waals surface area contributed by atoms with E-state index in [1.807, 2.05) is 0 Å². The normalized spacial score (nSPS) is 22.1. The Balaban J connectivity index is 1.73. The molecule has 29 heavy (non-hydrogen) atoms. The van der Waals surface area contributed by atoms with Crippen molar-refractivity contribution in [1.29, 1.82) is 0 Å². The molecule has 0 spiro atoms. The first-order valence-electron chi connectivity index (χ1n) is 10.7. The van der Waals surface area contributed by atoms with Gasteiger partial charge < -0.3 is 15.3 Å². The van der Waals surface area contributed by atoms with Gasteiger partial charge in [-0.3, -0.25) is 4.79 Å². The second kappa shape index (κ2) is 12.6. The van der Waals surface area contributed by atoms with Crippen molar-refractivity contribution >= 4 is 12.0 Å². The first-order valence-corrected chi connectivity index (χ1v) is 10.7. The SMILES string of the molecule is O=C(O)CCCCCC[C@H]1CC[C@@H](O)C1CCC(O)C=C=Cc1ccccc1F. The van der Waals surface area contributed by atoms with Gasteiger partial charge in [-0.05, 0) is 62.2 Å². The molecule has 0 radical (unpaired) electrons. The molecule has 4 nitrogen and oxygen atoms in total. The molecule has 0 aromatic heterocycles. The van der Waals surface area contributed by atoms with Gasteiger partial charge in [-0.1, -0.05) is 43.9 Å². The molecule has 160 valence electrons. The maximum Gasteiger partial charge on any atom is 0.303 e. The number of carboxylic acids is 1. The Labute approximate surface area is 172 Å². The Kier molecular flexibility index (Phi) is 10.1. The van der Waals surface area contributed by atoms with E-state index in [1.165, 1.54) is 12.1 Å². The fourth-order valence-corrected chi connectivity index (χ4v) is 4.24. The van der Waals surface area contributed by atoms with Gasteiger partial charge in [0.05, 0.1) is 12.2 Å². The van der Waals surface area contributed by atoms with Gasteiger partial charge in [0.1, 0.15) is 5.82 Å². The van der Waals surface area contributed by atoms with Gasteiger partial charge in [0.15, 0.2) is 0 Å². The fraction of sp³-hybridized carbons (Fsp3) is 0.583. The number of hydrogen-bond donors (Lipinski definition) is 3. The van der Waals surface area contributed by atoms with E-state index in [0.29, 0.717) is 17.9 Å². The zero-order chi connectivity index (χ0) is 21.1. The van der Waals surface area contributed by atoms with E-state index in [4.69, 9.17) is 5.11 Å². The molecule has 1 aromatic carbocycles. The minimum atomic E-state index is -0.736. The summed E-state index contributed by atoms with van der Waals surface area (Å²) in [6.07, 6.45) is 10.3. The van der Waals surface area contributed by atoms with Crippen molar-refractivity contribution in [2.75, 3.05) is 0 Å². The fourth-order valence-electron chi connectivity index (χ4n) is 4.24. The number of aliphatic carboxylic acids is 1. The molecule has 3 N–H and O–H groups in total. The molecule has 0 bridgehead atoms. The molecule has 5 heteroatoms. The Morgan fingerprint density at radius 3 is 2.69 bits per heavy atom. The number of aliphatic hydroxyl groups excluding tert-OH is 2. The first kappa shape index (κ1) is 23.3. The number of carbonyl (C=O) groups is 1. The van der Waals surface area contributed by atoms with E-state index in [0.717, 1.165) is 51.4 Å². The van der Waals surface area contributed by atoms with E-state index in [9.17, 15) is 19.4 Å². The van der Waals surface area contributed by atoms with Crippen LogP contribution in [-0.4, -0.2) is 33.5 Å². The van der Waals surface area contributed by atoms with Gasteiger partial charge in [0, 0.05) is 12.0 Å². The van der Waals surface area contributed by atoms with Crippen LogP contribution in [0.1, 0.15) is 69.8 Å². The van der Waals surface area contributed by atoms with Crippen molar-refractivity contribution in [2.45, 2.75) is 76.4 Å². The zero-order valence-electron chi connectivity index (χ0n) is 17.0. The van der Waals surface area contributed by atoms with Crippen molar-refractivity contribution in [3.05, 3.63) is 47.5 Å². The highest BCUT2D eigenvalue weighted by atomic mass is 19.1. The molecule has 1 saturated carbocycles. The quantitative estimate of drug-likeness (QED) is 0.340. The zero-order valence-corrected chi connectivity index (χ0v) is 17.0. The Bertz CT molecular complexity index is 696. The van der Waals surface area contributed by atoms with Crippen LogP contribution >= 0.6 is 0 Å². The summed E-state index contributed by atoms with van der Waals surface area (Å²) in [4.78, 5) is 10.5. The lowest BCUT2D eigenvalue weighted by atomic mass is 9.85. The summed E-state index contributed by atoms with van der Waals surface area (Å²) in [5.74, 6) is -0.384. The maximum atomic E-state index is 13.6. The average molecular weight is 405 g/mol. The molecule has 1 aromatic rings. The van der Waals surface area contributed by atoms with Crippen LogP contribution in [-0.2, 0) is 4.79 Å². The van der Waals surface area contributed by atoms with Crippen molar-refractivity contribution in [1.82, 2.24) is 0 Å². The summed E-state index contributed by atoms with van der Waals surface area (Å²) in [7, 11) is 0. The predicted octanol–water partition coefficient (Wildman–Crippen LogP) is 4.95. The molecule has 0 aliphatic heterocycles. The summed E-state index contributed by atoms with van der Waals surface area (Å²) >= 11 is 0. The van der Waals surface area contributed by atoms with Crippen molar-refractivity contribution in [3.8, 4) is 0 Å². The third-order valence-corrected chi connectivity index (χ3v) is 5.88. The lowest BCUT2D eigenvalue weighted by molar-refractivity contribution is -0.137. The molecule has 0 heterocycles. The van der Waals surface area contributed by atoms with E-state index in [1.54, 1.807) is 24.3 Å². The summed E-state index contributed by atoms with van der Waals surface area (Å²) in [5.41, 5.74) is 3.29. The Morgan fingerprint density at radius 1 is 1.17 bits per heavy atom. The standard InChI is InChI=1S/C24H33FO4/c25-22-12-6-5-9-19(22)10-7-11-20(26)15-16-21-18(14-17-23(21)27)8-3-1-2-4-13-24(28)29/h5-6,9-12,18,20-21,23,26-27H,1-4,8,13-17H2,(H,28,29)/t7?,18-,20?,21?,23+/m0/s1. The topological polar surface area (TPSA) is 77.8 Å². The average Bonchev–Trinajstić information content (AvgIpc) is 3.03. The monoisotopic (exact) mass is 404 g/mol. The highest BCUT2D eigenvalue weighted by Crippen LogP contribution is 2.38. The minimum absolute atomic E-state index is 0.201. The highest BCUT2D eigenvalue weighted by molar-refractivity contribution is 5.66. The van der Waals surface area contributed by atoms with E-state index in [-0.39, 0.29) is 24.3 Å².